The van der Waals surface area contributed by atoms with E-state index in [0.717, 1.165) is 12.1 Å². The summed E-state index contributed by atoms with van der Waals surface area (Å²) in [6.45, 7) is 2.06. The highest BCUT2D eigenvalue weighted by Gasteiger charge is 2.14. The van der Waals surface area contributed by atoms with Crippen LogP contribution >= 0.6 is 0 Å². The molecule has 1 N–H and O–H groups in total. The van der Waals surface area contributed by atoms with Crippen LogP contribution in [0, 0.1) is 5.82 Å². The Hall–Kier alpha value is -1.62. The molecule has 0 saturated heterocycles. The number of halogens is 1. The Bertz CT molecular complexity index is 378. The van der Waals surface area contributed by atoms with E-state index in [2.05, 4.69) is 0 Å². The molecule has 0 heterocycles. The number of ether oxygens (including phenoxy) is 2. The topological polar surface area (TPSA) is 55.8 Å². The number of rotatable bonds is 5. The van der Waals surface area contributed by atoms with Crippen molar-refractivity contribution in [1.82, 2.24) is 0 Å². The second-order valence-corrected chi connectivity index (χ2v) is 3.33. The number of benzene rings is 1. The van der Waals surface area contributed by atoms with Crippen LogP contribution in [0.15, 0.2) is 18.2 Å². The highest BCUT2D eigenvalue weighted by molar-refractivity contribution is 5.90. The van der Waals surface area contributed by atoms with Crippen molar-refractivity contribution < 1.29 is 23.8 Å². The Morgan fingerprint density at radius 1 is 1.56 bits per heavy atom. The first-order valence-corrected chi connectivity index (χ1v) is 4.73. The average molecular weight is 228 g/mol. The SMILES string of the molecule is COCC(C)Oc1ccc(F)cc1C(=O)O. The molecule has 0 aliphatic carbocycles. The van der Waals surface area contributed by atoms with E-state index < -0.39 is 11.8 Å². The lowest BCUT2D eigenvalue weighted by Crippen LogP contribution is -2.19. The summed E-state index contributed by atoms with van der Waals surface area (Å²) in [4.78, 5) is 10.8. The minimum Gasteiger partial charge on any atom is -0.487 e. The molecule has 0 saturated carbocycles. The van der Waals surface area contributed by atoms with Gasteiger partial charge in [-0.3, -0.25) is 0 Å². The fourth-order valence-electron chi connectivity index (χ4n) is 1.26. The van der Waals surface area contributed by atoms with Gasteiger partial charge in [-0.1, -0.05) is 0 Å². The van der Waals surface area contributed by atoms with Crippen molar-refractivity contribution in [3.63, 3.8) is 0 Å². The van der Waals surface area contributed by atoms with Crippen LogP contribution in [0.25, 0.3) is 0 Å². The van der Waals surface area contributed by atoms with Crippen molar-refractivity contribution in [2.24, 2.45) is 0 Å². The van der Waals surface area contributed by atoms with Crippen molar-refractivity contribution in [3.05, 3.63) is 29.6 Å². The van der Waals surface area contributed by atoms with E-state index in [9.17, 15) is 9.18 Å². The molecule has 1 rings (SSSR count). The minimum atomic E-state index is -1.22. The van der Waals surface area contributed by atoms with Gasteiger partial charge in [-0.05, 0) is 25.1 Å². The van der Waals surface area contributed by atoms with Crippen LogP contribution in [0.5, 0.6) is 5.75 Å². The van der Waals surface area contributed by atoms with Crippen molar-refractivity contribution in [3.8, 4) is 5.75 Å². The van der Waals surface area contributed by atoms with Crippen LogP contribution in [0.3, 0.4) is 0 Å². The number of hydrogen-bond donors (Lipinski definition) is 1. The summed E-state index contributed by atoms with van der Waals surface area (Å²) in [7, 11) is 1.52. The highest BCUT2D eigenvalue weighted by Crippen LogP contribution is 2.21. The van der Waals surface area contributed by atoms with E-state index in [1.54, 1.807) is 6.92 Å². The maximum Gasteiger partial charge on any atom is 0.339 e. The summed E-state index contributed by atoms with van der Waals surface area (Å²) in [6.07, 6.45) is -0.298. The van der Waals surface area contributed by atoms with Crippen LogP contribution in [-0.4, -0.2) is 30.9 Å². The van der Waals surface area contributed by atoms with Gasteiger partial charge >= 0.3 is 5.97 Å². The highest BCUT2D eigenvalue weighted by atomic mass is 19.1. The van der Waals surface area contributed by atoms with Gasteiger partial charge in [0.1, 0.15) is 23.2 Å². The molecule has 0 aliphatic heterocycles. The third-order valence-corrected chi connectivity index (χ3v) is 1.90. The number of aromatic carboxylic acids is 1. The average Bonchev–Trinajstić information content (AvgIpc) is 2.20. The lowest BCUT2D eigenvalue weighted by atomic mass is 10.2. The summed E-state index contributed by atoms with van der Waals surface area (Å²) in [5, 5.41) is 8.85. The van der Waals surface area contributed by atoms with E-state index in [4.69, 9.17) is 14.6 Å². The fraction of sp³-hybridized carbons (Fsp3) is 0.364. The van der Waals surface area contributed by atoms with Gasteiger partial charge in [0.15, 0.2) is 0 Å². The molecule has 1 aromatic rings. The molecule has 1 aromatic carbocycles. The van der Waals surface area contributed by atoms with Crippen LogP contribution < -0.4 is 4.74 Å². The van der Waals surface area contributed by atoms with Crippen molar-refractivity contribution >= 4 is 5.97 Å². The summed E-state index contributed by atoms with van der Waals surface area (Å²) in [5.74, 6) is -1.69. The lowest BCUT2D eigenvalue weighted by molar-refractivity contribution is 0.0673. The molecule has 0 radical (unpaired) electrons. The minimum absolute atomic E-state index is 0.137. The molecule has 5 heteroatoms. The monoisotopic (exact) mass is 228 g/mol. The van der Waals surface area contributed by atoms with E-state index in [-0.39, 0.29) is 17.4 Å². The van der Waals surface area contributed by atoms with Gasteiger partial charge < -0.3 is 14.6 Å². The number of hydrogen-bond acceptors (Lipinski definition) is 3. The molecule has 0 bridgehead atoms. The molecular weight excluding hydrogens is 215 g/mol. The molecule has 0 spiro atoms. The zero-order valence-corrected chi connectivity index (χ0v) is 9.07. The predicted octanol–water partition coefficient (Wildman–Crippen LogP) is 1.94. The first-order chi connectivity index (χ1) is 7.54. The third-order valence-electron chi connectivity index (χ3n) is 1.90. The molecular formula is C11H13FO4. The summed E-state index contributed by atoms with van der Waals surface area (Å²) < 4.78 is 23.0. The van der Waals surface area contributed by atoms with E-state index >= 15 is 0 Å². The Morgan fingerprint density at radius 2 is 2.25 bits per heavy atom. The van der Waals surface area contributed by atoms with Gasteiger partial charge in [-0.15, -0.1) is 0 Å². The molecule has 1 unspecified atom stereocenters. The zero-order chi connectivity index (χ0) is 12.1. The largest absolute Gasteiger partial charge is 0.487 e. The van der Waals surface area contributed by atoms with Gasteiger partial charge in [-0.25, -0.2) is 9.18 Å². The Kier molecular flexibility index (Phi) is 4.25. The van der Waals surface area contributed by atoms with Crippen LogP contribution in [0.2, 0.25) is 0 Å². The maximum atomic E-state index is 12.8. The van der Waals surface area contributed by atoms with Gasteiger partial charge in [0.2, 0.25) is 0 Å². The van der Waals surface area contributed by atoms with Crippen LogP contribution in [-0.2, 0) is 4.74 Å². The number of carboxylic acid groups (broad SMARTS) is 1. The van der Waals surface area contributed by atoms with Crippen LogP contribution in [0.1, 0.15) is 17.3 Å². The molecule has 0 aliphatic rings. The smallest absolute Gasteiger partial charge is 0.339 e. The molecule has 0 fully saturated rings. The summed E-state index contributed by atoms with van der Waals surface area (Å²) in [6, 6.07) is 3.38. The van der Waals surface area contributed by atoms with Crippen molar-refractivity contribution in [2.75, 3.05) is 13.7 Å². The van der Waals surface area contributed by atoms with Crippen molar-refractivity contribution in [1.29, 1.82) is 0 Å². The van der Waals surface area contributed by atoms with Gasteiger partial charge in [0, 0.05) is 7.11 Å². The zero-order valence-electron chi connectivity index (χ0n) is 9.07. The lowest BCUT2D eigenvalue weighted by Gasteiger charge is -2.15. The van der Waals surface area contributed by atoms with E-state index in [0.29, 0.717) is 6.61 Å². The Balaban J connectivity index is 2.90. The third kappa shape index (κ3) is 3.20. The van der Waals surface area contributed by atoms with Crippen LogP contribution in [0.4, 0.5) is 4.39 Å². The molecule has 0 aromatic heterocycles. The number of carboxylic acids is 1. The molecule has 1 atom stereocenters. The maximum absolute atomic E-state index is 12.8. The second-order valence-electron chi connectivity index (χ2n) is 3.33. The van der Waals surface area contributed by atoms with Crippen molar-refractivity contribution in [2.45, 2.75) is 13.0 Å². The Labute approximate surface area is 92.6 Å². The summed E-state index contributed by atoms with van der Waals surface area (Å²) in [5.41, 5.74) is -0.192. The van der Waals surface area contributed by atoms with Gasteiger partial charge in [0.25, 0.3) is 0 Å². The first-order valence-electron chi connectivity index (χ1n) is 4.73. The fourth-order valence-corrected chi connectivity index (χ4v) is 1.26. The Morgan fingerprint density at radius 3 is 2.81 bits per heavy atom. The number of carbonyl (C=O) groups is 1. The normalized spacial score (nSPS) is 12.2. The second kappa shape index (κ2) is 5.46. The molecule has 16 heavy (non-hydrogen) atoms. The number of methoxy groups -OCH3 is 1. The summed E-state index contributed by atoms with van der Waals surface area (Å²) >= 11 is 0. The standard InChI is InChI=1S/C11H13FO4/c1-7(6-15-2)16-10-4-3-8(12)5-9(10)11(13)14/h3-5,7H,6H2,1-2H3,(H,13,14). The quantitative estimate of drug-likeness (QED) is 0.836. The predicted molar refractivity (Wildman–Crippen MR) is 55.3 cm³/mol. The molecule has 88 valence electrons. The van der Waals surface area contributed by atoms with Gasteiger partial charge in [-0.2, -0.15) is 0 Å². The first kappa shape index (κ1) is 12.4. The molecule has 4 nitrogen and oxygen atoms in total. The van der Waals surface area contributed by atoms with Gasteiger partial charge in [0.05, 0.1) is 6.61 Å². The van der Waals surface area contributed by atoms with E-state index in [1.165, 1.54) is 13.2 Å². The van der Waals surface area contributed by atoms with E-state index in [1.807, 2.05) is 0 Å². The molecule has 0 amide bonds.